The van der Waals surface area contributed by atoms with E-state index in [2.05, 4.69) is 34.4 Å². The van der Waals surface area contributed by atoms with E-state index >= 15 is 0 Å². The van der Waals surface area contributed by atoms with Crippen LogP contribution in [0.5, 0.6) is 5.75 Å². The van der Waals surface area contributed by atoms with E-state index in [4.69, 9.17) is 14.2 Å². The Hall–Kier alpha value is -2.32. The summed E-state index contributed by atoms with van der Waals surface area (Å²) in [5, 5.41) is 6.84. The van der Waals surface area contributed by atoms with Crippen molar-refractivity contribution in [2.24, 2.45) is 10.9 Å². The number of methoxy groups -OCH3 is 2. The van der Waals surface area contributed by atoms with Gasteiger partial charge in [-0.2, -0.15) is 0 Å². The highest BCUT2D eigenvalue weighted by molar-refractivity contribution is 5.92. The lowest BCUT2D eigenvalue weighted by Crippen LogP contribution is -2.53. The minimum atomic E-state index is -0.417. The summed E-state index contributed by atoms with van der Waals surface area (Å²) in [7, 11) is 4.67. The van der Waals surface area contributed by atoms with Crippen LogP contribution in [-0.4, -0.2) is 77.0 Å². The van der Waals surface area contributed by atoms with E-state index in [1.807, 2.05) is 6.07 Å². The number of benzene rings is 1. The number of guanidine groups is 1. The first-order valence-corrected chi connectivity index (χ1v) is 11.1. The zero-order valence-corrected chi connectivity index (χ0v) is 19.6. The zero-order valence-electron chi connectivity index (χ0n) is 19.6. The molecule has 1 heterocycles. The number of rotatable bonds is 10. The maximum absolute atomic E-state index is 12.0. The number of aliphatic imine (C=N–C) groups is 1. The average Bonchev–Trinajstić information content (AvgIpc) is 2.83. The van der Waals surface area contributed by atoms with Crippen LogP contribution in [0.15, 0.2) is 23.2 Å². The maximum Gasteiger partial charge on any atom is 0.341 e. The number of ether oxygens (including phenoxy) is 3. The summed E-state index contributed by atoms with van der Waals surface area (Å²) in [5.74, 6) is 1.43. The van der Waals surface area contributed by atoms with E-state index in [1.165, 1.54) is 14.2 Å². The van der Waals surface area contributed by atoms with Gasteiger partial charge in [-0.05, 0) is 23.6 Å². The molecule has 0 amide bonds. The highest BCUT2D eigenvalue weighted by Crippen LogP contribution is 2.21. The Bertz CT molecular complexity index is 716. The van der Waals surface area contributed by atoms with Gasteiger partial charge in [0, 0.05) is 39.3 Å². The highest BCUT2D eigenvalue weighted by Gasteiger charge is 2.27. The molecular weight excluding hydrogens is 396 g/mol. The lowest BCUT2D eigenvalue weighted by molar-refractivity contribution is 0.00272. The Kier molecular flexibility index (Phi) is 10.6. The van der Waals surface area contributed by atoms with Crippen LogP contribution < -0.4 is 15.4 Å². The van der Waals surface area contributed by atoms with Crippen LogP contribution in [0.1, 0.15) is 42.6 Å². The third kappa shape index (κ3) is 7.11. The molecule has 0 aromatic heterocycles. The monoisotopic (exact) mass is 434 g/mol. The fourth-order valence-electron chi connectivity index (χ4n) is 4.08. The fraction of sp³-hybridized carbons (Fsp3) is 0.652. The maximum atomic E-state index is 12.0. The Labute approximate surface area is 186 Å². The average molecular weight is 435 g/mol. The van der Waals surface area contributed by atoms with Crippen LogP contribution in [0.4, 0.5) is 0 Å². The third-order valence-electron chi connectivity index (χ3n) is 5.94. The van der Waals surface area contributed by atoms with Gasteiger partial charge in [0.05, 0.1) is 27.4 Å². The first kappa shape index (κ1) is 24.9. The minimum absolute atomic E-state index is 0.411. The van der Waals surface area contributed by atoms with Gasteiger partial charge < -0.3 is 24.8 Å². The molecule has 1 aliphatic rings. The molecule has 0 saturated carbocycles. The van der Waals surface area contributed by atoms with E-state index in [0.29, 0.717) is 29.8 Å². The summed E-state index contributed by atoms with van der Waals surface area (Å²) < 4.78 is 15.7. The lowest BCUT2D eigenvalue weighted by atomic mass is 9.92. The van der Waals surface area contributed by atoms with Gasteiger partial charge in [-0.3, -0.25) is 9.89 Å². The number of esters is 1. The van der Waals surface area contributed by atoms with E-state index in [0.717, 1.165) is 57.2 Å². The lowest BCUT2D eigenvalue weighted by Gasteiger charge is -2.39. The van der Waals surface area contributed by atoms with Gasteiger partial charge in [-0.1, -0.05) is 32.8 Å². The molecule has 1 aliphatic heterocycles. The van der Waals surface area contributed by atoms with Crippen molar-refractivity contribution in [1.82, 2.24) is 15.5 Å². The molecule has 174 valence electrons. The molecule has 1 aromatic rings. The van der Waals surface area contributed by atoms with Gasteiger partial charge in [0.15, 0.2) is 5.96 Å². The van der Waals surface area contributed by atoms with Crippen LogP contribution in [0.25, 0.3) is 0 Å². The van der Waals surface area contributed by atoms with Crippen molar-refractivity contribution in [1.29, 1.82) is 0 Å². The second kappa shape index (κ2) is 13.2. The number of morpholine rings is 1. The van der Waals surface area contributed by atoms with Crippen molar-refractivity contribution in [2.75, 3.05) is 54.1 Å². The Morgan fingerprint density at radius 2 is 1.90 bits per heavy atom. The van der Waals surface area contributed by atoms with Gasteiger partial charge in [0.2, 0.25) is 0 Å². The predicted molar refractivity (Wildman–Crippen MR) is 123 cm³/mol. The number of hydrogen-bond donors (Lipinski definition) is 2. The highest BCUT2D eigenvalue weighted by atomic mass is 16.5. The van der Waals surface area contributed by atoms with Gasteiger partial charge in [0.1, 0.15) is 11.3 Å². The van der Waals surface area contributed by atoms with Crippen LogP contribution in [0, 0.1) is 5.92 Å². The number of carbonyl (C=O) groups excluding carboxylic acids is 1. The molecule has 8 heteroatoms. The Morgan fingerprint density at radius 1 is 1.19 bits per heavy atom. The van der Waals surface area contributed by atoms with Crippen molar-refractivity contribution >= 4 is 11.9 Å². The quantitative estimate of drug-likeness (QED) is 0.332. The normalized spacial score (nSPS) is 16.1. The Morgan fingerprint density at radius 3 is 2.48 bits per heavy atom. The molecule has 1 aromatic carbocycles. The summed E-state index contributed by atoms with van der Waals surface area (Å²) in [6.45, 7) is 9.40. The van der Waals surface area contributed by atoms with E-state index in [1.54, 1.807) is 19.2 Å². The summed E-state index contributed by atoms with van der Waals surface area (Å²) in [6, 6.07) is 5.92. The fourth-order valence-corrected chi connectivity index (χ4v) is 4.08. The minimum Gasteiger partial charge on any atom is -0.496 e. The van der Waals surface area contributed by atoms with Crippen LogP contribution in [0.2, 0.25) is 0 Å². The molecule has 2 N–H and O–H groups in total. The van der Waals surface area contributed by atoms with Gasteiger partial charge in [-0.15, -0.1) is 0 Å². The summed E-state index contributed by atoms with van der Waals surface area (Å²) in [4.78, 5) is 18.9. The molecule has 2 rings (SSSR count). The Balaban J connectivity index is 2.00. The molecule has 0 radical (unpaired) electrons. The second-order valence-corrected chi connectivity index (χ2v) is 7.63. The van der Waals surface area contributed by atoms with E-state index < -0.39 is 5.97 Å². The molecule has 31 heavy (non-hydrogen) atoms. The summed E-state index contributed by atoms with van der Waals surface area (Å²) in [6.07, 6.45) is 2.29. The van der Waals surface area contributed by atoms with Crippen molar-refractivity contribution in [3.63, 3.8) is 0 Å². The summed E-state index contributed by atoms with van der Waals surface area (Å²) in [5.41, 5.74) is 1.35. The van der Waals surface area contributed by atoms with Gasteiger partial charge >= 0.3 is 5.97 Å². The first-order valence-electron chi connectivity index (χ1n) is 11.1. The number of nitrogens with zero attached hydrogens (tertiary/aromatic N) is 2. The smallest absolute Gasteiger partial charge is 0.341 e. The molecular formula is C23H38N4O4. The second-order valence-electron chi connectivity index (χ2n) is 7.63. The van der Waals surface area contributed by atoms with E-state index in [9.17, 15) is 4.79 Å². The van der Waals surface area contributed by atoms with Gasteiger partial charge in [-0.25, -0.2) is 4.79 Å². The van der Waals surface area contributed by atoms with Crippen molar-refractivity contribution in [3.05, 3.63) is 29.3 Å². The summed E-state index contributed by atoms with van der Waals surface area (Å²) >= 11 is 0. The molecule has 0 bridgehead atoms. The largest absolute Gasteiger partial charge is 0.496 e. The molecule has 1 atom stereocenters. The third-order valence-corrected chi connectivity index (χ3v) is 5.94. The molecule has 1 saturated heterocycles. The molecule has 0 spiro atoms. The van der Waals surface area contributed by atoms with Crippen LogP contribution >= 0.6 is 0 Å². The topological polar surface area (TPSA) is 84.4 Å². The number of hydrogen-bond acceptors (Lipinski definition) is 6. The van der Waals surface area contributed by atoms with Crippen molar-refractivity contribution < 1.29 is 19.0 Å². The SMILES string of the molecule is CCC(CC)C(CNC(=NC)NCc1ccc(OC)c(C(=O)OC)c1)N1CCOCC1. The number of carbonyl (C=O) groups is 1. The van der Waals surface area contributed by atoms with Crippen molar-refractivity contribution in [3.8, 4) is 5.75 Å². The standard InChI is InChI=1S/C23H38N4O4/c1-6-18(7-2)20(27-10-12-31-13-11-27)16-26-23(24-3)25-15-17-8-9-21(29-4)19(14-17)22(28)30-5/h8-9,14,18,20H,6-7,10-13,15-16H2,1-5H3,(H2,24,25,26). The first-order chi connectivity index (χ1) is 15.1. The van der Waals surface area contributed by atoms with Crippen LogP contribution in [0.3, 0.4) is 0 Å². The van der Waals surface area contributed by atoms with Crippen molar-refractivity contribution in [2.45, 2.75) is 39.3 Å². The zero-order chi connectivity index (χ0) is 22.6. The number of nitrogens with one attached hydrogen (secondary N) is 2. The van der Waals surface area contributed by atoms with Crippen LogP contribution in [-0.2, 0) is 16.0 Å². The van der Waals surface area contributed by atoms with E-state index in [-0.39, 0.29) is 0 Å². The molecule has 1 unspecified atom stereocenters. The van der Waals surface area contributed by atoms with Gasteiger partial charge in [0.25, 0.3) is 0 Å². The molecule has 0 aliphatic carbocycles. The predicted octanol–water partition coefficient (Wildman–Crippen LogP) is 2.28. The molecule has 8 nitrogen and oxygen atoms in total. The molecule has 1 fully saturated rings.